The van der Waals surface area contributed by atoms with Gasteiger partial charge in [-0.1, -0.05) is 19.8 Å². The molecule has 17 heavy (non-hydrogen) atoms. The van der Waals surface area contributed by atoms with Gasteiger partial charge in [0.05, 0.1) is 13.1 Å². The minimum absolute atomic E-state index is 0.00628. The highest BCUT2D eigenvalue weighted by atomic mass is 16.1. The maximum absolute atomic E-state index is 11.3. The average Bonchev–Trinajstić information content (AvgIpc) is 2.30. The maximum atomic E-state index is 11.3. The monoisotopic (exact) mass is 238 g/mol. The summed E-state index contributed by atoms with van der Waals surface area (Å²) in [5.74, 6) is 3.20. The predicted molar refractivity (Wildman–Crippen MR) is 70.7 cm³/mol. The van der Waals surface area contributed by atoms with Crippen molar-refractivity contribution < 1.29 is 4.79 Å². The second-order valence-electron chi connectivity index (χ2n) is 3.76. The Labute approximate surface area is 103 Å². The SMILES string of the molecule is C#CCNC(=NCCNC(=O)C(C)C)NCC. The summed E-state index contributed by atoms with van der Waals surface area (Å²) in [5, 5.41) is 8.82. The number of hydrogen-bond donors (Lipinski definition) is 3. The third kappa shape index (κ3) is 8.14. The molecule has 3 N–H and O–H groups in total. The second kappa shape index (κ2) is 9.52. The summed E-state index contributed by atoms with van der Waals surface area (Å²) in [5.41, 5.74) is 0. The molecule has 0 fully saturated rings. The molecule has 5 nitrogen and oxygen atoms in total. The first kappa shape index (κ1) is 15.3. The Balaban J connectivity index is 3.92. The van der Waals surface area contributed by atoms with Gasteiger partial charge < -0.3 is 16.0 Å². The molecule has 0 aliphatic carbocycles. The zero-order chi connectivity index (χ0) is 13.1. The van der Waals surface area contributed by atoms with Gasteiger partial charge in [0, 0.05) is 19.0 Å². The van der Waals surface area contributed by atoms with E-state index in [0.29, 0.717) is 25.6 Å². The fraction of sp³-hybridized carbons (Fsp3) is 0.667. The summed E-state index contributed by atoms with van der Waals surface area (Å²) in [6.07, 6.45) is 5.15. The van der Waals surface area contributed by atoms with E-state index in [1.54, 1.807) is 0 Å². The highest BCUT2D eigenvalue weighted by molar-refractivity contribution is 5.80. The zero-order valence-electron chi connectivity index (χ0n) is 10.8. The number of guanidine groups is 1. The van der Waals surface area contributed by atoms with Crippen LogP contribution in [0.15, 0.2) is 4.99 Å². The molecule has 0 aromatic rings. The Morgan fingerprint density at radius 3 is 2.59 bits per heavy atom. The fourth-order valence-electron chi connectivity index (χ4n) is 1.03. The standard InChI is InChI=1S/C12H22N4O/c1-5-7-15-12(13-6-2)16-9-8-14-11(17)10(3)4/h1,10H,6-9H2,2-4H3,(H,14,17)(H2,13,15,16). The van der Waals surface area contributed by atoms with Crippen LogP contribution in [0.3, 0.4) is 0 Å². The number of amides is 1. The summed E-state index contributed by atoms with van der Waals surface area (Å²) >= 11 is 0. The van der Waals surface area contributed by atoms with Crippen LogP contribution in [-0.2, 0) is 4.79 Å². The molecule has 0 radical (unpaired) electrons. The maximum Gasteiger partial charge on any atom is 0.222 e. The van der Waals surface area contributed by atoms with Crippen molar-refractivity contribution in [3.8, 4) is 12.3 Å². The molecule has 1 amide bonds. The predicted octanol–water partition coefficient (Wildman–Crippen LogP) is -0.0531. The minimum Gasteiger partial charge on any atom is -0.357 e. The van der Waals surface area contributed by atoms with Crippen molar-refractivity contribution in [1.29, 1.82) is 0 Å². The summed E-state index contributed by atoms with van der Waals surface area (Å²) in [6, 6.07) is 0. The number of carbonyl (C=O) groups excluding carboxylic acids is 1. The molecule has 0 atom stereocenters. The van der Waals surface area contributed by atoms with Crippen LogP contribution in [0.4, 0.5) is 0 Å². The van der Waals surface area contributed by atoms with Gasteiger partial charge in [-0.3, -0.25) is 9.79 Å². The first-order valence-corrected chi connectivity index (χ1v) is 5.85. The summed E-state index contributed by atoms with van der Waals surface area (Å²) in [6.45, 7) is 7.96. The van der Waals surface area contributed by atoms with Gasteiger partial charge in [0.25, 0.3) is 0 Å². The number of rotatable bonds is 6. The average molecular weight is 238 g/mol. The van der Waals surface area contributed by atoms with E-state index in [4.69, 9.17) is 6.42 Å². The number of terminal acetylenes is 1. The molecule has 0 aromatic carbocycles. The van der Waals surface area contributed by atoms with Crippen LogP contribution in [0.5, 0.6) is 0 Å². The second-order valence-corrected chi connectivity index (χ2v) is 3.76. The van der Waals surface area contributed by atoms with Crippen molar-refractivity contribution in [1.82, 2.24) is 16.0 Å². The first-order valence-electron chi connectivity index (χ1n) is 5.85. The van der Waals surface area contributed by atoms with Gasteiger partial charge in [-0.05, 0) is 6.92 Å². The van der Waals surface area contributed by atoms with Crippen LogP contribution in [0.2, 0.25) is 0 Å². The Morgan fingerprint density at radius 2 is 2.06 bits per heavy atom. The normalized spacial score (nSPS) is 10.9. The number of carbonyl (C=O) groups is 1. The summed E-state index contributed by atoms with van der Waals surface area (Å²) in [4.78, 5) is 15.5. The van der Waals surface area contributed by atoms with E-state index in [1.165, 1.54) is 0 Å². The molecule has 0 rings (SSSR count). The molecule has 0 aliphatic rings. The van der Waals surface area contributed by atoms with Crippen molar-refractivity contribution >= 4 is 11.9 Å². The lowest BCUT2D eigenvalue weighted by Crippen LogP contribution is -2.38. The Hall–Kier alpha value is -1.70. The van der Waals surface area contributed by atoms with Gasteiger partial charge in [0.1, 0.15) is 0 Å². The molecule has 0 bridgehead atoms. The molecule has 0 aromatic heterocycles. The largest absolute Gasteiger partial charge is 0.357 e. The molecule has 0 unspecified atom stereocenters. The molecule has 5 heteroatoms. The van der Waals surface area contributed by atoms with Crippen LogP contribution in [0.1, 0.15) is 20.8 Å². The van der Waals surface area contributed by atoms with Crippen LogP contribution >= 0.6 is 0 Å². The van der Waals surface area contributed by atoms with Crippen molar-refractivity contribution in [3.05, 3.63) is 0 Å². The number of aliphatic imine (C=N–C) groups is 1. The smallest absolute Gasteiger partial charge is 0.222 e. The molecule has 0 heterocycles. The fourth-order valence-corrected chi connectivity index (χ4v) is 1.03. The molecule has 0 saturated heterocycles. The topological polar surface area (TPSA) is 65.5 Å². The summed E-state index contributed by atoms with van der Waals surface area (Å²) < 4.78 is 0. The van der Waals surface area contributed by atoms with E-state index < -0.39 is 0 Å². The Morgan fingerprint density at radius 1 is 1.35 bits per heavy atom. The highest BCUT2D eigenvalue weighted by Crippen LogP contribution is 1.89. The molecule has 0 aliphatic heterocycles. The highest BCUT2D eigenvalue weighted by Gasteiger charge is 2.04. The third-order valence-corrected chi connectivity index (χ3v) is 1.91. The number of nitrogens with zero attached hydrogens (tertiary/aromatic N) is 1. The van der Waals surface area contributed by atoms with Gasteiger partial charge in [-0.15, -0.1) is 6.42 Å². The molecular weight excluding hydrogens is 216 g/mol. The van der Waals surface area contributed by atoms with E-state index in [-0.39, 0.29) is 11.8 Å². The minimum atomic E-state index is 0.00628. The number of hydrogen-bond acceptors (Lipinski definition) is 2. The van der Waals surface area contributed by atoms with Gasteiger partial charge >= 0.3 is 0 Å². The van der Waals surface area contributed by atoms with E-state index in [2.05, 4.69) is 26.9 Å². The first-order chi connectivity index (χ1) is 8.11. The number of nitrogens with one attached hydrogen (secondary N) is 3. The van der Waals surface area contributed by atoms with Crippen LogP contribution in [0.25, 0.3) is 0 Å². The van der Waals surface area contributed by atoms with E-state index in [9.17, 15) is 4.79 Å². The van der Waals surface area contributed by atoms with Crippen molar-refractivity contribution in [2.24, 2.45) is 10.9 Å². The van der Waals surface area contributed by atoms with Gasteiger partial charge in [0.2, 0.25) is 5.91 Å². The lowest BCUT2D eigenvalue weighted by atomic mass is 10.2. The molecule has 0 saturated carbocycles. The molecule has 96 valence electrons. The van der Waals surface area contributed by atoms with Gasteiger partial charge in [0.15, 0.2) is 5.96 Å². The van der Waals surface area contributed by atoms with Gasteiger partial charge in [-0.2, -0.15) is 0 Å². The Kier molecular flexibility index (Phi) is 8.57. The van der Waals surface area contributed by atoms with E-state index in [0.717, 1.165) is 6.54 Å². The van der Waals surface area contributed by atoms with Crippen molar-refractivity contribution in [3.63, 3.8) is 0 Å². The van der Waals surface area contributed by atoms with Gasteiger partial charge in [-0.25, -0.2) is 0 Å². The lowest BCUT2D eigenvalue weighted by molar-refractivity contribution is -0.123. The van der Waals surface area contributed by atoms with E-state index >= 15 is 0 Å². The van der Waals surface area contributed by atoms with E-state index in [1.807, 2.05) is 20.8 Å². The van der Waals surface area contributed by atoms with Crippen molar-refractivity contribution in [2.75, 3.05) is 26.2 Å². The van der Waals surface area contributed by atoms with Crippen LogP contribution in [-0.4, -0.2) is 38.0 Å². The lowest BCUT2D eigenvalue weighted by Gasteiger charge is -2.09. The molecule has 0 spiro atoms. The molecular formula is C12H22N4O. The quantitative estimate of drug-likeness (QED) is 0.263. The summed E-state index contributed by atoms with van der Waals surface area (Å²) in [7, 11) is 0. The third-order valence-electron chi connectivity index (χ3n) is 1.91. The van der Waals surface area contributed by atoms with Crippen LogP contribution in [0, 0.1) is 18.3 Å². The van der Waals surface area contributed by atoms with Crippen molar-refractivity contribution in [2.45, 2.75) is 20.8 Å². The Bertz CT molecular complexity index is 291. The van der Waals surface area contributed by atoms with Crippen LogP contribution < -0.4 is 16.0 Å². The zero-order valence-corrected chi connectivity index (χ0v) is 10.8.